The van der Waals surface area contributed by atoms with E-state index in [2.05, 4.69) is 10.6 Å². The van der Waals surface area contributed by atoms with Gasteiger partial charge in [0.05, 0.1) is 5.92 Å². The van der Waals surface area contributed by atoms with Crippen LogP contribution in [0.1, 0.15) is 52.4 Å². The molecule has 1 atom stereocenters. The molecular weight excluding hydrogens is 354 g/mol. The number of nitrogens with one attached hydrogen (secondary N) is 2. The highest BCUT2D eigenvalue weighted by atomic mass is 16.2. The molecule has 0 bridgehead atoms. The summed E-state index contributed by atoms with van der Waals surface area (Å²) in [6, 6.07) is 7.17. The van der Waals surface area contributed by atoms with Crippen LogP contribution in [0.2, 0.25) is 0 Å². The summed E-state index contributed by atoms with van der Waals surface area (Å²) in [7, 11) is 0. The Morgan fingerprint density at radius 1 is 0.964 bits per heavy atom. The van der Waals surface area contributed by atoms with E-state index in [0.29, 0.717) is 24.6 Å². The fraction of sp³-hybridized carbons (Fsp3) is 0.591. The van der Waals surface area contributed by atoms with Crippen molar-refractivity contribution in [2.75, 3.05) is 23.7 Å². The van der Waals surface area contributed by atoms with Crippen LogP contribution in [0.5, 0.6) is 0 Å². The van der Waals surface area contributed by atoms with Gasteiger partial charge < -0.3 is 15.5 Å². The summed E-state index contributed by atoms with van der Waals surface area (Å²) >= 11 is 0. The molecule has 1 aliphatic carbocycles. The molecule has 1 unspecified atom stereocenters. The van der Waals surface area contributed by atoms with E-state index in [1.165, 1.54) is 0 Å². The van der Waals surface area contributed by atoms with Crippen molar-refractivity contribution in [1.29, 1.82) is 0 Å². The van der Waals surface area contributed by atoms with Crippen molar-refractivity contribution >= 4 is 29.1 Å². The largest absolute Gasteiger partial charge is 0.342 e. The Balaban J connectivity index is 1.51. The Morgan fingerprint density at radius 3 is 2.14 bits per heavy atom. The highest BCUT2D eigenvalue weighted by molar-refractivity contribution is 5.94. The van der Waals surface area contributed by atoms with Crippen molar-refractivity contribution in [3.8, 4) is 0 Å². The van der Waals surface area contributed by atoms with Gasteiger partial charge in [-0.05, 0) is 55.9 Å². The molecule has 1 aromatic carbocycles. The molecule has 1 aliphatic heterocycles. The molecule has 3 rings (SSSR count). The first-order valence-corrected chi connectivity index (χ1v) is 10.4. The third kappa shape index (κ3) is 5.33. The van der Waals surface area contributed by atoms with Crippen LogP contribution in [0.25, 0.3) is 0 Å². The predicted octanol–water partition coefficient (Wildman–Crippen LogP) is 3.65. The first-order valence-electron chi connectivity index (χ1n) is 10.4. The van der Waals surface area contributed by atoms with E-state index >= 15 is 0 Å². The van der Waals surface area contributed by atoms with Crippen LogP contribution in [-0.2, 0) is 14.4 Å². The van der Waals surface area contributed by atoms with Crippen molar-refractivity contribution in [3.05, 3.63) is 24.3 Å². The first-order chi connectivity index (χ1) is 13.4. The topological polar surface area (TPSA) is 78.5 Å². The lowest BCUT2D eigenvalue weighted by atomic mass is 9.83. The van der Waals surface area contributed by atoms with Gasteiger partial charge in [0.1, 0.15) is 0 Å². The fourth-order valence-corrected chi connectivity index (χ4v) is 3.77. The zero-order chi connectivity index (χ0) is 20.1. The number of rotatable bonds is 6. The van der Waals surface area contributed by atoms with Crippen LogP contribution >= 0.6 is 0 Å². The second kappa shape index (κ2) is 9.22. The molecule has 1 saturated heterocycles. The predicted molar refractivity (Wildman–Crippen MR) is 110 cm³/mol. The number of benzene rings is 1. The highest BCUT2D eigenvalue weighted by Gasteiger charge is 2.34. The average molecular weight is 386 g/mol. The van der Waals surface area contributed by atoms with Crippen LogP contribution in [0.15, 0.2) is 24.3 Å². The molecule has 2 N–H and O–H groups in total. The van der Waals surface area contributed by atoms with Crippen molar-refractivity contribution in [2.24, 2.45) is 17.8 Å². The lowest BCUT2D eigenvalue weighted by Crippen LogP contribution is -2.47. The van der Waals surface area contributed by atoms with Gasteiger partial charge in [-0.1, -0.05) is 20.3 Å². The van der Waals surface area contributed by atoms with E-state index in [1.807, 2.05) is 18.7 Å². The van der Waals surface area contributed by atoms with Gasteiger partial charge in [0.15, 0.2) is 0 Å². The van der Waals surface area contributed by atoms with E-state index in [-0.39, 0.29) is 29.6 Å². The van der Waals surface area contributed by atoms with Gasteiger partial charge in [0.2, 0.25) is 17.7 Å². The Kier molecular flexibility index (Phi) is 6.70. The monoisotopic (exact) mass is 385 g/mol. The summed E-state index contributed by atoms with van der Waals surface area (Å²) in [5, 5.41) is 5.81. The number of likely N-dealkylation sites (tertiary alicyclic amines) is 1. The van der Waals surface area contributed by atoms with Crippen molar-refractivity contribution in [2.45, 2.75) is 52.4 Å². The second-order valence-corrected chi connectivity index (χ2v) is 8.46. The minimum absolute atomic E-state index is 0.00906. The number of carbonyl (C=O) groups excluding carboxylic acids is 3. The van der Waals surface area contributed by atoms with Crippen molar-refractivity contribution < 1.29 is 14.4 Å². The fourth-order valence-electron chi connectivity index (χ4n) is 3.77. The highest BCUT2D eigenvalue weighted by Crippen LogP contribution is 2.30. The molecule has 1 heterocycles. The first kappa shape index (κ1) is 20.4. The van der Waals surface area contributed by atoms with Crippen molar-refractivity contribution in [1.82, 2.24) is 4.90 Å². The van der Waals surface area contributed by atoms with Gasteiger partial charge in [-0.25, -0.2) is 0 Å². The summed E-state index contributed by atoms with van der Waals surface area (Å²) in [6.45, 7) is 5.29. The van der Waals surface area contributed by atoms with Crippen LogP contribution in [0.3, 0.4) is 0 Å². The summed E-state index contributed by atoms with van der Waals surface area (Å²) < 4.78 is 0. The maximum absolute atomic E-state index is 12.7. The zero-order valence-electron chi connectivity index (χ0n) is 16.9. The lowest BCUT2D eigenvalue weighted by Gasteiger charge is -2.36. The smallest absolute Gasteiger partial charge is 0.229 e. The molecule has 0 radical (unpaired) electrons. The number of piperidine rings is 1. The molecule has 1 aromatic rings. The maximum Gasteiger partial charge on any atom is 0.229 e. The van der Waals surface area contributed by atoms with Gasteiger partial charge in [-0.15, -0.1) is 0 Å². The van der Waals surface area contributed by atoms with E-state index in [1.54, 1.807) is 24.3 Å². The molecule has 28 heavy (non-hydrogen) atoms. The molecule has 3 amide bonds. The van der Waals surface area contributed by atoms with Gasteiger partial charge in [0.25, 0.3) is 0 Å². The number of nitrogens with zero attached hydrogens (tertiary/aromatic N) is 1. The van der Waals surface area contributed by atoms with Gasteiger partial charge >= 0.3 is 0 Å². The molecule has 6 heteroatoms. The third-order valence-electron chi connectivity index (χ3n) is 5.59. The van der Waals surface area contributed by atoms with Gasteiger partial charge in [-0.3, -0.25) is 14.4 Å². The molecule has 152 valence electrons. The van der Waals surface area contributed by atoms with Gasteiger partial charge in [-0.2, -0.15) is 0 Å². The normalized spacial score (nSPS) is 19.8. The summed E-state index contributed by atoms with van der Waals surface area (Å²) in [4.78, 5) is 38.8. The molecule has 0 aromatic heterocycles. The van der Waals surface area contributed by atoms with E-state index in [9.17, 15) is 14.4 Å². The Hall–Kier alpha value is -2.37. The summed E-state index contributed by atoms with van der Waals surface area (Å²) in [5.74, 6) is 0.506. The Labute approximate surface area is 167 Å². The Bertz CT molecular complexity index is 710. The van der Waals surface area contributed by atoms with Crippen LogP contribution in [0, 0.1) is 17.8 Å². The minimum atomic E-state index is -0.164. The van der Waals surface area contributed by atoms with Crippen LogP contribution in [-0.4, -0.2) is 35.7 Å². The van der Waals surface area contributed by atoms with Gasteiger partial charge in [0, 0.05) is 36.8 Å². The minimum Gasteiger partial charge on any atom is -0.342 e. The molecule has 6 nitrogen and oxygen atoms in total. The third-order valence-corrected chi connectivity index (χ3v) is 5.59. The standard InChI is InChI=1S/C22H31N3O3/c1-15(2)13-20(26)23-18-8-10-19(11-9-18)24-21(27)17-7-4-12-25(14-17)22(28)16-5-3-6-16/h8-11,15-17H,3-7,12-14H2,1-2H3,(H,23,26)(H,24,27). The average Bonchev–Trinajstić information content (AvgIpc) is 2.61. The number of anilines is 2. The molecule has 0 spiro atoms. The number of hydrogen-bond acceptors (Lipinski definition) is 3. The molecular formula is C22H31N3O3. The van der Waals surface area contributed by atoms with E-state index in [4.69, 9.17) is 0 Å². The van der Waals surface area contributed by atoms with Crippen LogP contribution < -0.4 is 10.6 Å². The van der Waals surface area contributed by atoms with Crippen molar-refractivity contribution in [3.63, 3.8) is 0 Å². The van der Waals surface area contributed by atoms with E-state index in [0.717, 1.165) is 44.3 Å². The van der Waals surface area contributed by atoms with Crippen LogP contribution in [0.4, 0.5) is 11.4 Å². The Morgan fingerprint density at radius 2 is 1.57 bits per heavy atom. The molecule has 2 aliphatic rings. The number of carbonyl (C=O) groups is 3. The van der Waals surface area contributed by atoms with E-state index < -0.39 is 0 Å². The maximum atomic E-state index is 12.7. The number of hydrogen-bond donors (Lipinski definition) is 2. The SMILES string of the molecule is CC(C)CC(=O)Nc1ccc(NC(=O)C2CCCN(C(=O)C3CCC3)C2)cc1. The quantitative estimate of drug-likeness (QED) is 0.785. The molecule has 2 fully saturated rings. The molecule has 1 saturated carbocycles. The summed E-state index contributed by atoms with van der Waals surface area (Å²) in [5.41, 5.74) is 1.42. The number of amides is 3. The zero-order valence-corrected chi connectivity index (χ0v) is 16.9. The summed E-state index contributed by atoms with van der Waals surface area (Å²) in [6.07, 6.45) is 5.29. The second-order valence-electron chi connectivity index (χ2n) is 8.46. The lowest BCUT2D eigenvalue weighted by molar-refractivity contribution is -0.141.